The minimum atomic E-state index is -0.0514. The summed E-state index contributed by atoms with van der Waals surface area (Å²) < 4.78 is 1.79. The Balaban J connectivity index is 2.68. The number of aromatic nitrogens is 3. The minimum absolute atomic E-state index is 0.0514. The predicted molar refractivity (Wildman–Crippen MR) is 65.5 cm³/mol. The number of fused-ring (bicyclic) bond motifs is 1. The molecule has 2 aromatic rings. The summed E-state index contributed by atoms with van der Waals surface area (Å²) in [6.45, 7) is 8.41. The zero-order valence-corrected chi connectivity index (χ0v) is 10.3. The molecule has 2 rings (SSSR count). The number of anilines is 1. The van der Waals surface area contributed by atoms with Crippen LogP contribution in [-0.4, -0.2) is 14.6 Å². The molecule has 0 unspecified atom stereocenters. The van der Waals surface area contributed by atoms with Crippen LogP contribution in [0.3, 0.4) is 0 Å². The molecule has 2 N–H and O–H groups in total. The lowest BCUT2D eigenvalue weighted by Gasteiger charge is -2.15. The molecular formula is C12H18N4. The van der Waals surface area contributed by atoms with Crippen LogP contribution >= 0.6 is 0 Å². The maximum Gasteiger partial charge on any atom is 0.178 e. The zero-order valence-electron chi connectivity index (χ0n) is 10.3. The number of nitrogens with zero attached hydrogens (tertiary/aromatic N) is 3. The topological polar surface area (TPSA) is 56.2 Å². The molecule has 0 aliphatic rings. The van der Waals surface area contributed by atoms with Gasteiger partial charge >= 0.3 is 0 Å². The number of hydrogen-bond donors (Lipinski definition) is 1. The van der Waals surface area contributed by atoms with Gasteiger partial charge in [0.15, 0.2) is 5.65 Å². The van der Waals surface area contributed by atoms with Gasteiger partial charge in [0.2, 0.25) is 0 Å². The summed E-state index contributed by atoms with van der Waals surface area (Å²) in [4.78, 5) is 4.36. The smallest absolute Gasteiger partial charge is 0.178 e. The Hall–Kier alpha value is -1.58. The molecule has 0 atom stereocenters. The summed E-state index contributed by atoms with van der Waals surface area (Å²) in [6, 6.07) is 0. The van der Waals surface area contributed by atoms with Crippen LogP contribution in [0.4, 0.5) is 5.69 Å². The van der Waals surface area contributed by atoms with E-state index in [0.717, 1.165) is 23.3 Å². The van der Waals surface area contributed by atoms with Gasteiger partial charge < -0.3 is 5.73 Å². The first-order chi connectivity index (χ1) is 7.43. The second-order valence-corrected chi connectivity index (χ2v) is 5.10. The number of hydrogen-bond acceptors (Lipinski definition) is 3. The number of aryl methyl sites for hydroxylation is 1. The minimum Gasteiger partial charge on any atom is -0.394 e. The molecule has 0 aromatic carbocycles. The quantitative estimate of drug-likeness (QED) is 0.798. The van der Waals surface area contributed by atoms with E-state index in [1.807, 2.05) is 12.4 Å². The first kappa shape index (κ1) is 10.9. The molecule has 0 spiro atoms. The largest absolute Gasteiger partial charge is 0.394 e. The standard InChI is InChI=1S/C12H18N4/c1-5-8-6-14-11-9(13)10(12(2,3)4)15-16(11)7-8/h6-7H,5,13H2,1-4H3. The van der Waals surface area contributed by atoms with E-state index >= 15 is 0 Å². The highest BCUT2D eigenvalue weighted by Crippen LogP contribution is 2.28. The predicted octanol–water partition coefficient (Wildman–Crippen LogP) is 2.17. The lowest BCUT2D eigenvalue weighted by molar-refractivity contribution is 0.564. The van der Waals surface area contributed by atoms with Crippen molar-refractivity contribution < 1.29 is 0 Å². The molecule has 0 amide bonds. The average molecular weight is 218 g/mol. The number of rotatable bonds is 1. The molecule has 0 aliphatic heterocycles. The van der Waals surface area contributed by atoms with Gasteiger partial charge in [-0.05, 0) is 12.0 Å². The van der Waals surface area contributed by atoms with Gasteiger partial charge in [-0.2, -0.15) is 5.10 Å². The van der Waals surface area contributed by atoms with Gasteiger partial charge in [-0.3, -0.25) is 0 Å². The summed E-state index contributed by atoms with van der Waals surface area (Å²) in [6.07, 6.45) is 4.81. The Morgan fingerprint density at radius 3 is 2.62 bits per heavy atom. The first-order valence-corrected chi connectivity index (χ1v) is 5.56. The molecule has 2 heterocycles. The highest BCUT2D eigenvalue weighted by molar-refractivity contribution is 5.68. The van der Waals surface area contributed by atoms with Crippen LogP contribution in [0.1, 0.15) is 39.0 Å². The third-order valence-corrected chi connectivity index (χ3v) is 2.68. The third kappa shape index (κ3) is 1.64. The van der Waals surface area contributed by atoms with Gasteiger partial charge in [0.05, 0.1) is 5.69 Å². The zero-order chi connectivity index (χ0) is 11.9. The van der Waals surface area contributed by atoms with E-state index in [4.69, 9.17) is 5.73 Å². The van der Waals surface area contributed by atoms with Crippen LogP contribution in [0.5, 0.6) is 0 Å². The van der Waals surface area contributed by atoms with Crippen LogP contribution in [0.25, 0.3) is 5.65 Å². The van der Waals surface area contributed by atoms with Crippen LogP contribution in [0.2, 0.25) is 0 Å². The first-order valence-electron chi connectivity index (χ1n) is 5.56. The van der Waals surface area contributed by atoms with Crippen LogP contribution in [0.15, 0.2) is 12.4 Å². The lowest BCUT2D eigenvalue weighted by Crippen LogP contribution is -2.14. The highest BCUT2D eigenvalue weighted by Gasteiger charge is 2.23. The van der Waals surface area contributed by atoms with Crippen molar-refractivity contribution in [3.63, 3.8) is 0 Å². The van der Waals surface area contributed by atoms with Crippen molar-refractivity contribution in [3.8, 4) is 0 Å². The van der Waals surface area contributed by atoms with Crippen molar-refractivity contribution in [2.24, 2.45) is 0 Å². The van der Waals surface area contributed by atoms with Crippen LogP contribution in [0, 0.1) is 0 Å². The second-order valence-electron chi connectivity index (χ2n) is 5.10. The van der Waals surface area contributed by atoms with E-state index < -0.39 is 0 Å². The normalized spacial score (nSPS) is 12.2. The Morgan fingerprint density at radius 1 is 1.38 bits per heavy atom. The van der Waals surface area contributed by atoms with E-state index in [1.165, 1.54) is 0 Å². The number of nitrogens with two attached hydrogens (primary N) is 1. The Morgan fingerprint density at radius 2 is 2.06 bits per heavy atom. The monoisotopic (exact) mass is 218 g/mol. The van der Waals surface area contributed by atoms with E-state index in [0.29, 0.717) is 5.69 Å². The molecule has 0 aliphatic carbocycles. The van der Waals surface area contributed by atoms with E-state index in [-0.39, 0.29) is 5.41 Å². The fraction of sp³-hybridized carbons (Fsp3) is 0.500. The van der Waals surface area contributed by atoms with Crippen LogP contribution < -0.4 is 5.73 Å². The molecule has 0 fully saturated rings. The summed E-state index contributed by atoms with van der Waals surface area (Å²) >= 11 is 0. The molecule has 86 valence electrons. The molecule has 0 saturated heterocycles. The average Bonchev–Trinajstić information content (AvgIpc) is 2.55. The molecule has 16 heavy (non-hydrogen) atoms. The molecule has 0 saturated carbocycles. The second kappa shape index (κ2) is 3.47. The SMILES string of the molecule is CCc1cnc2c(N)c(C(C)(C)C)nn2c1. The maximum atomic E-state index is 6.07. The molecule has 0 bridgehead atoms. The molecule has 4 nitrogen and oxygen atoms in total. The van der Waals surface area contributed by atoms with Crippen molar-refractivity contribution in [2.75, 3.05) is 5.73 Å². The lowest BCUT2D eigenvalue weighted by atomic mass is 9.91. The van der Waals surface area contributed by atoms with Crippen LogP contribution in [-0.2, 0) is 11.8 Å². The van der Waals surface area contributed by atoms with Crippen molar-refractivity contribution in [1.29, 1.82) is 0 Å². The molecule has 0 radical (unpaired) electrons. The van der Waals surface area contributed by atoms with Crippen molar-refractivity contribution >= 4 is 11.3 Å². The van der Waals surface area contributed by atoms with Gasteiger partial charge in [-0.1, -0.05) is 27.7 Å². The van der Waals surface area contributed by atoms with Crippen molar-refractivity contribution in [3.05, 3.63) is 23.7 Å². The third-order valence-electron chi connectivity index (χ3n) is 2.68. The van der Waals surface area contributed by atoms with Gasteiger partial charge in [-0.15, -0.1) is 0 Å². The maximum absolute atomic E-state index is 6.07. The van der Waals surface area contributed by atoms with Gasteiger partial charge in [0.25, 0.3) is 0 Å². The van der Waals surface area contributed by atoms with Gasteiger partial charge in [0, 0.05) is 17.8 Å². The Labute approximate surface area is 95.5 Å². The van der Waals surface area contributed by atoms with E-state index in [1.54, 1.807) is 4.52 Å². The number of nitrogen functional groups attached to an aromatic ring is 1. The Kier molecular flexibility index (Phi) is 2.37. The van der Waals surface area contributed by atoms with Crippen molar-refractivity contribution in [1.82, 2.24) is 14.6 Å². The summed E-state index contributed by atoms with van der Waals surface area (Å²) in [5.74, 6) is 0. The molecular weight excluding hydrogens is 200 g/mol. The van der Waals surface area contributed by atoms with E-state index in [2.05, 4.69) is 37.8 Å². The fourth-order valence-electron chi connectivity index (χ4n) is 1.73. The fourth-order valence-corrected chi connectivity index (χ4v) is 1.73. The molecule has 2 aromatic heterocycles. The highest BCUT2D eigenvalue weighted by atomic mass is 15.3. The van der Waals surface area contributed by atoms with Gasteiger partial charge in [-0.25, -0.2) is 9.50 Å². The summed E-state index contributed by atoms with van der Waals surface area (Å²) in [5, 5.41) is 4.52. The summed E-state index contributed by atoms with van der Waals surface area (Å²) in [5.41, 5.74) is 9.53. The van der Waals surface area contributed by atoms with Crippen molar-refractivity contribution in [2.45, 2.75) is 39.5 Å². The molecule has 4 heteroatoms. The van der Waals surface area contributed by atoms with E-state index in [9.17, 15) is 0 Å². The summed E-state index contributed by atoms with van der Waals surface area (Å²) in [7, 11) is 0. The Bertz CT molecular complexity index is 520. The van der Waals surface area contributed by atoms with Gasteiger partial charge in [0.1, 0.15) is 5.69 Å².